The first-order chi connectivity index (χ1) is 24.3. The summed E-state index contributed by atoms with van der Waals surface area (Å²) < 4.78 is 75.9. The van der Waals surface area contributed by atoms with Gasteiger partial charge in [0.2, 0.25) is 5.95 Å². The molecule has 0 aliphatic carbocycles. The molecule has 0 bridgehead atoms. The number of ether oxygens (including phenoxy) is 6. The van der Waals surface area contributed by atoms with Crippen molar-refractivity contribution in [3.05, 3.63) is 65.9 Å². The highest BCUT2D eigenvalue weighted by Crippen LogP contribution is 2.34. The van der Waals surface area contributed by atoms with Crippen molar-refractivity contribution >= 4 is 41.1 Å². The third-order valence-electron chi connectivity index (χ3n) is 6.70. The minimum atomic E-state index is -4.63. The SMILES string of the molecule is CSN(C)c1cccc(CNc2nc(Nc3ccc(OCCOCCOCCOCCOCCC(=O)OC(C)(C)C)cc3)ncc2C(F)(F)F)c1. The highest BCUT2D eigenvalue weighted by atomic mass is 32.2. The molecule has 0 fully saturated rings. The summed E-state index contributed by atoms with van der Waals surface area (Å²) in [4.78, 5) is 19.6. The number of hydrogen-bond acceptors (Lipinski definition) is 13. The number of benzene rings is 2. The van der Waals surface area contributed by atoms with Gasteiger partial charge in [-0.2, -0.15) is 18.2 Å². The van der Waals surface area contributed by atoms with Crippen molar-refractivity contribution in [1.82, 2.24) is 9.97 Å². The Kier molecular flexibility index (Phi) is 17.5. The standard InChI is InChI=1S/C35H48F3N5O7S/c1-34(2,3)50-31(44)13-14-45-15-16-46-17-18-47-19-20-48-21-22-49-29-11-9-27(10-12-29)41-33-40-25-30(35(36,37)38)32(42-33)39-24-26-7-6-8-28(23-26)43(4)51-5/h6-12,23,25H,13-22,24H2,1-5H3,(H2,39,40,41,42). The molecule has 282 valence electrons. The number of carbonyl (C=O) groups is 1. The molecule has 2 N–H and O–H groups in total. The van der Waals surface area contributed by atoms with Crippen molar-refractivity contribution < 1.29 is 46.4 Å². The van der Waals surface area contributed by atoms with Crippen LogP contribution in [-0.4, -0.2) is 94.3 Å². The van der Waals surface area contributed by atoms with E-state index < -0.39 is 17.3 Å². The molecule has 0 unspecified atom stereocenters. The van der Waals surface area contributed by atoms with Crippen LogP contribution in [0.2, 0.25) is 0 Å². The van der Waals surface area contributed by atoms with Crippen LogP contribution in [0.3, 0.4) is 0 Å². The van der Waals surface area contributed by atoms with E-state index in [9.17, 15) is 18.0 Å². The summed E-state index contributed by atoms with van der Waals surface area (Å²) in [6.07, 6.45) is -1.72. The second-order valence-electron chi connectivity index (χ2n) is 11.9. The lowest BCUT2D eigenvalue weighted by molar-refractivity contribution is -0.156. The Balaban J connectivity index is 1.29. The molecule has 3 rings (SSSR count). The lowest BCUT2D eigenvalue weighted by Crippen LogP contribution is -2.24. The Hall–Kier alpha value is -3.83. The van der Waals surface area contributed by atoms with Crippen LogP contribution in [0.15, 0.2) is 54.7 Å². The number of esters is 1. The first kappa shape index (κ1) is 41.6. The summed E-state index contributed by atoms with van der Waals surface area (Å²) in [6.45, 7) is 8.97. The van der Waals surface area contributed by atoms with Gasteiger partial charge >= 0.3 is 12.1 Å². The van der Waals surface area contributed by atoms with Gasteiger partial charge in [-0.15, -0.1) is 0 Å². The number of anilines is 4. The monoisotopic (exact) mass is 739 g/mol. The molecule has 12 nitrogen and oxygen atoms in total. The molecule has 1 heterocycles. The van der Waals surface area contributed by atoms with E-state index in [1.807, 2.05) is 62.6 Å². The number of halogens is 3. The van der Waals surface area contributed by atoms with Crippen LogP contribution in [-0.2, 0) is 41.2 Å². The summed E-state index contributed by atoms with van der Waals surface area (Å²) in [5.74, 6) is -0.00540. The first-order valence-electron chi connectivity index (χ1n) is 16.4. The number of alkyl halides is 3. The maximum atomic E-state index is 13.7. The van der Waals surface area contributed by atoms with Crippen LogP contribution in [0, 0.1) is 0 Å². The smallest absolute Gasteiger partial charge is 0.421 e. The maximum absolute atomic E-state index is 13.7. The van der Waals surface area contributed by atoms with Gasteiger partial charge in [0.05, 0.1) is 59.3 Å². The zero-order valence-electron chi connectivity index (χ0n) is 29.7. The van der Waals surface area contributed by atoms with Gasteiger partial charge < -0.3 is 43.4 Å². The molecule has 0 spiro atoms. The van der Waals surface area contributed by atoms with E-state index in [0.29, 0.717) is 64.3 Å². The Labute approximate surface area is 301 Å². The predicted octanol–water partition coefficient (Wildman–Crippen LogP) is 6.74. The third kappa shape index (κ3) is 16.8. The van der Waals surface area contributed by atoms with Crippen LogP contribution in [0.25, 0.3) is 0 Å². The van der Waals surface area contributed by atoms with Crippen LogP contribution in [0.1, 0.15) is 38.3 Å². The van der Waals surface area contributed by atoms with Crippen LogP contribution < -0.4 is 19.7 Å². The zero-order valence-corrected chi connectivity index (χ0v) is 30.5. The maximum Gasteiger partial charge on any atom is 0.421 e. The fourth-order valence-electron chi connectivity index (χ4n) is 4.23. The van der Waals surface area contributed by atoms with Crippen molar-refractivity contribution in [3.8, 4) is 5.75 Å². The van der Waals surface area contributed by atoms with Crippen molar-refractivity contribution in [3.63, 3.8) is 0 Å². The van der Waals surface area contributed by atoms with Gasteiger partial charge in [0.1, 0.15) is 29.3 Å². The molecule has 16 heteroatoms. The van der Waals surface area contributed by atoms with Gasteiger partial charge in [0, 0.05) is 37.4 Å². The Morgan fingerprint density at radius 3 is 2.06 bits per heavy atom. The minimum absolute atomic E-state index is 0.0124. The van der Waals surface area contributed by atoms with Gasteiger partial charge in [-0.3, -0.25) is 4.79 Å². The van der Waals surface area contributed by atoms with E-state index in [-0.39, 0.29) is 37.3 Å². The van der Waals surface area contributed by atoms with E-state index >= 15 is 0 Å². The lowest BCUT2D eigenvalue weighted by atomic mass is 10.2. The number of nitrogens with zero attached hydrogens (tertiary/aromatic N) is 3. The Morgan fingerprint density at radius 2 is 1.47 bits per heavy atom. The van der Waals surface area contributed by atoms with E-state index in [0.717, 1.165) is 17.4 Å². The molecule has 3 aromatic rings. The van der Waals surface area contributed by atoms with Crippen molar-refractivity contribution in [1.29, 1.82) is 0 Å². The Morgan fingerprint density at radius 1 is 0.863 bits per heavy atom. The fourth-order valence-corrected chi connectivity index (χ4v) is 4.55. The average Bonchev–Trinajstić information content (AvgIpc) is 3.08. The molecule has 0 radical (unpaired) electrons. The van der Waals surface area contributed by atoms with E-state index in [1.165, 1.54) is 11.9 Å². The molecule has 0 saturated carbocycles. The normalized spacial score (nSPS) is 11.7. The summed E-state index contributed by atoms with van der Waals surface area (Å²) in [5, 5.41) is 5.77. The fraction of sp³-hybridized carbons (Fsp3) is 0.514. The molecule has 51 heavy (non-hydrogen) atoms. The molecular weight excluding hydrogens is 691 g/mol. The topological polar surface area (TPSA) is 126 Å². The summed E-state index contributed by atoms with van der Waals surface area (Å²) in [5.41, 5.74) is 0.854. The highest BCUT2D eigenvalue weighted by Gasteiger charge is 2.35. The van der Waals surface area contributed by atoms with Gasteiger partial charge in [-0.25, -0.2) is 4.98 Å². The van der Waals surface area contributed by atoms with Gasteiger partial charge in [-0.1, -0.05) is 24.1 Å². The lowest BCUT2D eigenvalue weighted by Gasteiger charge is -2.19. The molecule has 0 aliphatic rings. The van der Waals surface area contributed by atoms with Crippen molar-refractivity contribution in [2.75, 3.05) is 87.7 Å². The number of aromatic nitrogens is 2. The van der Waals surface area contributed by atoms with Crippen molar-refractivity contribution in [2.45, 2.75) is 45.5 Å². The highest BCUT2D eigenvalue weighted by molar-refractivity contribution is 7.99. The Bertz CT molecular complexity index is 1460. The molecule has 2 aromatic carbocycles. The minimum Gasteiger partial charge on any atom is -0.491 e. The van der Waals surface area contributed by atoms with Crippen molar-refractivity contribution in [2.24, 2.45) is 0 Å². The predicted molar refractivity (Wildman–Crippen MR) is 192 cm³/mol. The molecule has 1 aromatic heterocycles. The van der Waals surface area contributed by atoms with Crippen LogP contribution in [0.5, 0.6) is 5.75 Å². The summed E-state index contributed by atoms with van der Waals surface area (Å²) >= 11 is 1.53. The molecule has 0 atom stereocenters. The molecule has 0 amide bonds. The number of rotatable bonds is 23. The average molecular weight is 740 g/mol. The largest absolute Gasteiger partial charge is 0.491 e. The second-order valence-corrected chi connectivity index (χ2v) is 12.9. The summed E-state index contributed by atoms with van der Waals surface area (Å²) in [7, 11) is 1.91. The summed E-state index contributed by atoms with van der Waals surface area (Å²) in [6, 6.07) is 14.4. The van der Waals surface area contributed by atoms with Gasteiger partial charge in [0.15, 0.2) is 0 Å². The number of carbonyl (C=O) groups excluding carboxylic acids is 1. The second kappa shape index (κ2) is 21.5. The molecule has 0 saturated heterocycles. The quantitative estimate of drug-likeness (QED) is 0.0607. The number of nitrogens with one attached hydrogen (secondary N) is 2. The molecule has 0 aliphatic heterocycles. The van der Waals surface area contributed by atoms with E-state index in [4.69, 9.17) is 28.4 Å². The third-order valence-corrected chi connectivity index (χ3v) is 7.45. The zero-order chi connectivity index (χ0) is 37.1. The van der Waals surface area contributed by atoms with E-state index in [2.05, 4.69) is 20.6 Å². The van der Waals surface area contributed by atoms with Gasteiger partial charge in [-0.05, 0) is 62.7 Å². The van der Waals surface area contributed by atoms with Crippen LogP contribution >= 0.6 is 11.9 Å². The van der Waals surface area contributed by atoms with E-state index in [1.54, 1.807) is 24.3 Å². The van der Waals surface area contributed by atoms with Crippen LogP contribution in [0.4, 0.5) is 36.3 Å². The molecular formula is C35H48F3N5O7S. The number of hydrogen-bond donors (Lipinski definition) is 2. The van der Waals surface area contributed by atoms with Gasteiger partial charge in [0.25, 0.3) is 0 Å². The first-order valence-corrected chi connectivity index (χ1v) is 17.6.